The van der Waals surface area contributed by atoms with E-state index < -0.39 is 17.9 Å². The molecule has 2 aromatic carbocycles. The third kappa shape index (κ3) is 6.26. The molecule has 3 heterocycles. The Bertz CT molecular complexity index is 1380. The van der Waals surface area contributed by atoms with E-state index >= 15 is 0 Å². The first-order valence-corrected chi connectivity index (χ1v) is 15.4. The van der Waals surface area contributed by atoms with Crippen LogP contribution in [0.25, 0.3) is 11.0 Å². The van der Waals surface area contributed by atoms with Crippen molar-refractivity contribution in [2.24, 2.45) is 5.92 Å². The number of hydroxylamine groups is 2. The number of fused-ring (bicyclic) bond motifs is 2. The molecule has 42 heavy (non-hydrogen) atoms. The SMILES string of the molecule is CCCCCCCC(C(CCC)C(=O)ON1CCC(c2noc3cc(F)ccc23)CC1)N1C(=O)c2ccccc2C1=O. The van der Waals surface area contributed by atoms with E-state index in [1.54, 1.807) is 35.4 Å². The van der Waals surface area contributed by atoms with E-state index in [1.165, 1.54) is 17.0 Å². The topological polar surface area (TPSA) is 92.9 Å². The molecule has 9 heteroatoms. The van der Waals surface area contributed by atoms with E-state index in [4.69, 9.17) is 9.36 Å². The molecule has 2 amide bonds. The molecule has 1 aromatic heterocycles. The molecule has 0 aliphatic carbocycles. The van der Waals surface area contributed by atoms with Crippen LogP contribution in [0.15, 0.2) is 47.0 Å². The maximum absolute atomic E-state index is 13.8. The second kappa shape index (κ2) is 13.6. The number of carbonyl (C=O) groups excluding carboxylic acids is 3. The van der Waals surface area contributed by atoms with E-state index in [9.17, 15) is 18.8 Å². The van der Waals surface area contributed by atoms with Gasteiger partial charge in [-0.25, -0.2) is 9.18 Å². The summed E-state index contributed by atoms with van der Waals surface area (Å²) in [5.41, 5.74) is 2.02. The van der Waals surface area contributed by atoms with Crippen molar-refractivity contribution in [2.45, 2.75) is 90.0 Å². The van der Waals surface area contributed by atoms with Crippen LogP contribution in [0, 0.1) is 11.7 Å². The number of unbranched alkanes of at least 4 members (excludes halogenated alkanes) is 4. The van der Waals surface area contributed by atoms with Crippen LogP contribution in [-0.4, -0.2) is 52.0 Å². The van der Waals surface area contributed by atoms with Crippen LogP contribution in [0.2, 0.25) is 0 Å². The highest BCUT2D eigenvalue weighted by Gasteiger charge is 2.45. The zero-order chi connectivity index (χ0) is 29.6. The van der Waals surface area contributed by atoms with Crippen molar-refractivity contribution >= 4 is 28.8 Å². The lowest BCUT2D eigenvalue weighted by Gasteiger charge is -2.35. The Hall–Kier alpha value is -3.59. The van der Waals surface area contributed by atoms with Gasteiger partial charge in [0, 0.05) is 30.5 Å². The number of piperidine rings is 1. The highest BCUT2D eigenvalue weighted by atomic mass is 19.1. The van der Waals surface area contributed by atoms with Gasteiger partial charge in [0.1, 0.15) is 5.82 Å². The number of rotatable bonds is 13. The number of nitrogens with zero attached hydrogens (tertiary/aromatic N) is 3. The lowest BCUT2D eigenvalue weighted by molar-refractivity contribution is -0.202. The molecule has 8 nitrogen and oxygen atoms in total. The third-order valence-corrected chi connectivity index (χ3v) is 8.65. The van der Waals surface area contributed by atoms with Crippen molar-refractivity contribution in [3.8, 4) is 0 Å². The van der Waals surface area contributed by atoms with Crippen LogP contribution >= 0.6 is 0 Å². The summed E-state index contributed by atoms with van der Waals surface area (Å²) in [5, 5.41) is 6.69. The molecule has 0 N–H and O–H groups in total. The summed E-state index contributed by atoms with van der Waals surface area (Å²) in [5.74, 6) is -1.93. The summed E-state index contributed by atoms with van der Waals surface area (Å²) in [6.45, 7) is 5.19. The van der Waals surface area contributed by atoms with Gasteiger partial charge in [0.15, 0.2) is 5.58 Å². The lowest BCUT2D eigenvalue weighted by Crippen LogP contribution is -2.48. The first kappa shape index (κ1) is 29.9. The molecule has 2 atom stereocenters. The van der Waals surface area contributed by atoms with Crippen molar-refractivity contribution in [1.29, 1.82) is 0 Å². The summed E-state index contributed by atoms with van der Waals surface area (Å²) < 4.78 is 18.9. The Morgan fingerprint density at radius 2 is 1.67 bits per heavy atom. The average molecular weight is 578 g/mol. The normalized spacial score (nSPS) is 17.5. The maximum Gasteiger partial charge on any atom is 0.330 e. The van der Waals surface area contributed by atoms with Crippen molar-refractivity contribution < 1.29 is 28.1 Å². The smallest absolute Gasteiger partial charge is 0.330 e. The minimum Gasteiger partial charge on any atom is -0.368 e. The van der Waals surface area contributed by atoms with E-state index in [0.29, 0.717) is 55.5 Å². The number of imide groups is 1. The summed E-state index contributed by atoms with van der Waals surface area (Å²) in [4.78, 5) is 48.0. The molecule has 0 bridgehead atoms. The Morgan fingerprint density at radius 1 is 0.976 bits per heavy atom. The number of carbonyl (C=O) groups is 3. The summed E-state index contributed by atoms with van der Waals surface area (Å²) in [7, 11) is 0. The maximum atomic E-state index is 13.8. The fraction of sp³-hybridized carbons (Fsp3) is 0.515. The molecule has 0 radical (unpaired) electrons. The van der Waals surface area contributed by atoms with Gasteiger partial charge in [0.05, 0.1) is 28.8 Å². The van der Waals surface area contributed by atoms with Crippen LogP contribution in [0.1, 0.15) is 110 Å². The van der Waals surface area contributed by atoms with Gasteiger partial charge in [-0.3, -0.25) is 14.5 Å². The Kier molecular flexibility index (Phi) is 9.67. The van der Waals surface area contributed by atoms with Crippen LogP contribution in [0.4, 0.5) is 4.39 Å². The minimum atomic E-state index is -0.615. The van der Waals surface area contributed by atoms with Crippen LogP contribution in [0.3, 0.4) is 0 Å². The Morgan fingerprint density at radius 3 is 2.33 bits per heavy atom. The number of amides is 2. The van der Waals surface area contributed by atoms with E-state index in [2.05, 4.69) is 12.1 Å². The largest absolute Gasteiger partial charge is 0.368 e. The molecular formula is C33H40FN3O5. The van der Waals surface area contributed by atoms with Gasteiger partial charge in [-0.05, 0) is 49.9 Å². The fourth-order valence-electron chi connectivity index (χ4n) is 6.40. The summed E-state index contributed by atoms with van der Waals surface area (Å²) >= 11 is 0. The molecule has 5 rings (SSSR count). The van der Waals surface area contributed by atoms with E-state index in [1.807, 2.05) is 6.92 Å². The number of hydrogen-bond donors (Lipinski definition) is 0. The lowest BCUT2D eigenvalue weighted by atomic mass is 9.89. The highest BCUT2D eigenvalue weighted by molar-refractivity contribution is 6.21. The van der Waals surface area contributed by atoms with Crippen molar-refractivity contribution in [1.82, 2.24) is 15.1 Å². The van der Waals surface area contributed by atoms with Gasteiger partial charge in [-0.2, -0.15) is 0 Å². The second-order valence-corrected chi connectivity index (χ2v) is 11.5. The van der Waals surface area contributed by atoms with E-state index in [-0.39, 0.29) is 23.5 Å². The van der Waals surface area contributed by atoms with Crippen molar-refractivity contribution in [2.75, 3.05) is 13.1 Å². The Balaban J connectivity index is 1.28. The van der Waals surface area contributed by atoms with Gasteiger partial charge in [-0.15, -0.1) is 5.06 Å². The fourth-order valence-corrected chi connectivity index (χ4v) is 6.40. The van der Waals surface area contributed by atoms with E-state index in [0.717, 1.165) is 49.6 Å². The van der Waals surface area contributed by atoms with Gasteiger partial charge >= 0.3 is 5.97 Å². The first-order valence-electron chi connectivity index (χ1n) is 15.4. The van der Waals surface area contributed by atoms with Gasteiger partial charge in [-0.1, -0.05) is 69.7 Å². The third-order valence-electron chi connectivity index (χ3n) is 8.65. The monoisotopic (exact) mass is 577 g/mol. The number of benzene rings is 2. The standard InChI is InChI=1S/C33H40FN3O5/c1-3-5-6-7-8-14-28(37-31(38)24-12-9-10-13-25(24)32(37)39)26(11-4-2)33(40)42-36-19-17-22(18-20-36)30-27-16-15-23(34)21-29(27)41-35-30/h9-10,12-13,15-16,21-22,26,28H,3-8,11,14,17-20H2,1-2H3. The van der Waals surface area contributed by atoms with Gasteiger partial charge in [0.25, 0.3) is 11.8 Å². The summed E-state index contributed by atoms with van der Waals surface area (Å²) in [6, 6.07) is 10.8. The molecule has 2 unspecified atom stereocenters. The average Bonchev–Trinajstić information content (AvgIpc) is 3.52. The van der Waals surface area contributed by atoms with Gasteiger partial charge < -0.3 is 9.36 Å². The van der Waals surface area contributed by atoms with Gasteiger partial charge in [0.2, 0.25) is 0 Å². The van der Waals surface area contributed by atoms with Crippen molar-refractivity contribution in [3.63, 3.8) is 0 Å². The first-order chi connectivity index (χ1) is 20.4. The van der Waals surface area contributed by atoms with Crippen LogP contribution < -0.4 is 0 Å². The second-order valence-electron chi connectivity index (χ2n) is 11.5. The molecular weight excluding hydrogens is 537 g/mol. The molecule has 3 aromatic rings. The van der Waals surface area contributed by atoms with Crippen molar-refractivity contribution in [3.05, 3.63) is 65.1 Å². The highest BCUT2D eigenvalue weighted by Crippen LogP contribution is 2.35. The predicted molar refractivity (Wildman–Crippen MR) is 156 cm³/mol. The molecule has 224 valence electrons. The van der Waals surface area contributed by atoms with Crippen LogP contribution in [-0.2, 0) is 9.63 Å². The molecule has 0 spiro atoms. The minimum absolute atomic E-state index is 0.104. The molecule has 1 saturated heterocycles. The number of hydrogen-bond acceptors (Lipinski definition) is 7. The van der Waals surface area contributed by atoms with Crippen LogP contribution in [0.5, 0.6) is 0 Å². The molecule has 1 fully saturated rings. The zero-order valence-corrected chi connectivity index (χ0v) is 24.5. The predicted octanol–water partition coefficient (Wildman–Crippen LogP) is 7.05. The Labute approximate surface area is 246 Å². The number of aromatic nitrogens is 1. The molecule has 0 saturated carbocycles. The summed E-state index contributed by atoms with van der Waals surface area (Å²) in [6.07, 6.45) is 8.35. The quantitative estimate of drug-likeness (QED) is 0.159. The zero-order valence-electron chi connectivity index (χ0n) is 24.5. The molecule has 2 aliphatic rings. The number of halogens is 1. The molecule has 2 aliphatic heterocycles.